The first-order valence-electron chi connectivity index (χ1n) is 8.59. The normalized spacial score (nSPS) is 10.4. The van der Waals surface area contributed by atoms with E-state index in [1.165, 1.54) is 18.4 Å². The summed E-state index contributed by atoms with van der Waals surface area (Å²) in [5.41, 5.74) is 1.72. The average molecular weight is 450 g/mol. The van der Waals surface area contributed by atoms with Crippen molar-refractivity contribution < 1.29 is 14.3 Å². The van der Waals surface area contributed by atoms with Gasteiger partial charge in [-0.25, -0.2) is 4.98 Å². The Kier molecular flexibility index (Phi) is 7.09. The smallest absolute Gasteiger partial charge is 0.257 e. The van der Waals surface area contributed by atoms with E-state index in [4.69, 9.17) is 27.9 Å². The van der Waals surface area contributed by atoms with Crippen molar-refractivity contribution in [3.63, 3.8) is 0 Å². The number of carbonyl (C=O) groups is 2. The molecular weight excluding hydrogens is 433 g/mol. The highest BCUT2D eigenvalue weighted by molar-refractivity contribution is 7.14. The van der Waals surface area contributed by atoms with Crippen LogP contribution >= 0.6 is 34.5 Å². The Morgan fingerprint density at radius 3 is 2.52 bits per heavy atom. The molecule has 3 aromatic rings. The molecular formula is C20H17Cl2N3O3S. The minimum absolute atomic E-state index is 0.190. The zero-order chi connectivity index (χ0) is 20.8. The van der Waals surface area contributed by atoms with Gasteiger partial charge in [0, 0.05) is 27.4 Å². The summed E-state index contributed by atoms with van der Waals surface area (Å²) >= 11 is 13.1. The molecule has 0 aliphatic heterocycles. The maximum absolute atomic E-state index is 12.2. The molecule has 0 atom stereocenters. The highest BCUT2D eigenvalue weighted by atomic mass is 35.5. The minimum atomic E-state index is -0.270. The standard InChI is InChI=1S/C20H17Cl2N3O3S/c1-28-17-8-6-14(22)10-16(17)24-18(26)9-7-15-11-29-20(23-15)25-19(27)12-2-4-13(21)5-3-12/h2-6,8,10-11H,7,9H2,1H3,(H,24,26)(H,23,25,27). The molecule has 0 saturated carbocycles. The molecule has 2 N–H and O–H groups in total. The van der Waals surface area contributed by atoms with Crippen molar-refractivity contribution in [2.75, 3.05) is 17.7 Å². The molecule has 0 bridgehead atoms. The van der Waals surface area contributed by atoms with Gasteiger partial charge in [-0.1, -0.05) is 23.2 Å². The number of halogens is 2. The predicted molar refractivity (Wildman–Crippen MR) is 116 cm³/mol. The van der Waals surface area contributed by atoms with Crippen LogP contribution in [-0.4, -0.2) is 23.9 Å². The minimum Gasteiger partial charge on any atom is -0.495 e. The number of nitrogens with one attached hydrogen (secondary N) is 2. The number of hydrogen-bond donors (Lipinski definition) is 2. The van der Waals surface area contributed by atoms with Gasteiger partial charge in [0.1, 0.15) is 5.75 Å². The molecule has 2 aromatic carbocycles. The van der Waals surface area contributed by atoms with Crippen molar-refractivity contribution in [3.8, 4) is 5.75 Å². The number of ether oxygens (including phenoxy) is 1. The molecule has 2 amide bonds. The first kappa shape index (κ1) is 21.1. The summed E-state index contributed by atoms with van der Waals surface area (Å²) < 4.78 is 5.22. The summed E-state index contributed by atoms with van der Waals surface area (Å²) in [6.45, 7) is 0. The predicted octanol–water partition coefficient (Wildman–Crippen LogP) is 5.28. The van der Waals surface area contributed by atoms with Crippen LogP contribution in [0.3, 0.4) is 0 Å². The largest absolute Gasteiger partial charge is 0.495 e. The summed E-state index contributed by atoms with van der Waals surface area (Å²) in [6, 6.07) is 11.6. The third-order valence-corrected chi connectivity index (χ3v) is 5.22. The zero-order valence-electron chi connectivity index (χ0n) is 15.4. The van der Waals surface area contributed by atoms with Gasteiger partial charge in [-0.2, -0.15) is 0 Å². The van der Waals surface area contributed by atoms with E-state index in [2.05, 4.69) is 15.6 Å². The monoisotopic (exact) mass is 449 g/mol. The Labute approximate surface area is 181 Å². The van der Waals surface area contributed by atoms with Crippen LogP contribution in [0.4, 0.5) is 10.8 Å². The number of anilines is 2. The van der Waals surface area contributed by atoms with E-state index in [-0.39, 0.29) is 18.2 Å². The molecule has 3 rings (SSSR count). The van der Waals surface area contributed by atoms with Gasteiger partial charge >= 0.3 is 0 Å². The van der Waals surface area contributed by atoms with Crippen LogP contribution in [0.5, 0.6) is 5.75 Å². The molecule has 150 valence electrons. The van der Waals surface area contributed by atoms with Crippen LogP contribution in [0.15, 0.2) is 47.8 Å². The van der Waals surface area contributed by atoms with Crippen LogP contribution in [0.2, 0.25) is 10.0 Å². The number of amides is 2. The SMILES string of the molecule is COc1ccc(Cl)cc1NC(=O)CCc1csc(NC(=O)c2ccc(Cl)cc2)n1. The maximum Gasteiger partial charge on any atom is 0.257 e. The van der Waals surface area contributed by atoms with E-state index in [9.17, 15) is 9.59 Å². The molecule has 9 heteroatoms. The number of aryl methyl sites for hydroxylation is 1. The van der Waals surface area contributed by atoms with Crippen molar-refractivity contribution in [3.05, 3.63) is 69.1 Å². The van der Waals surface area contributed by atoms with Gasteiger partial charge < -0.3 is 10.1 Å². The lowest BCUT2D eigenvalue weighted by molar-refractivity contribution is -0.116. The maximum atomic E-state index is 12.2. The van der Waals surface area contributed by atoms with Gasteiger partial charge in [0.25, 0.3) is 5.91 Å². The summed E-state index contributed by atoms with van der Waals surface area (Å²) in [4.78, 5) is 28.8. The molecule has 0 aliphatic carbocycles. The molecule has 1 heterocycles. The second kappa shape index (κ2) is 9.73. The van der Waals surface area contributed by atoms with Gasteiger partial charge in [-0.15, -0.1) is 11.3 Å². The number of methoxy groups -OCH3 is 1. The number of aromatic nitrogens is 1. The Morgan fingerprint density at radius 2 is 1.79 bits per heavy atom. The van der Waals surface area contributed by atoms with E-state index in [0.29, 0.717) is 38.6 Å². The van der Waals surface area contributed by atoms with Crippen LogP contribution in [-0.2, 0) is 11.2 Å². The molecule has 6 nitrogen and oxygen atoms in total. The van der Waals surface area contributed by atoms with E-state index in [0.717, 1.165) is 5.69 Å². The first-order chi connectivity index (χ1) is 13.9. The molecule has 0 radical (unpaired) electrons. The van der Waals surface area contributed by atoms with Gasteiger partial charge in [-0.05, 0) is 48.9 Å². The van der Waals surface area contributed by atoms with Gasteiger partial charge in [0.05, 0.1) is 18.5 Å². The molecule has 0 spiro atoms. The van der Waals surface area contributed by atoms with Crippen LogP contribution in [0, 0.1) is 0 Å². The van der Waals surface area contributed by atoms with Gasteiger partial charge in [0.2, 0.25) is 5.91 Å². The fraction of sp³-hybridized carbons (Fsp3) is 0.150. The summed E-state index contributed by atoms with van der Waals surface area (Å²) in [7, 11) is 1.52. The van der Waals surface area contributed by atoms with E-state index in [1.54, 1.807) is 42.5 Å². The highest BCUT2D eigenvalue weighted by Crippen LogP contribution is 2.28. The highest BCUT2D eigenvalue weighted by Gasteiger charge is 2.12. The topological polar surface area (TPSA) is 80.3 Å². The summed E-state index contributed by atoms with van der Waals surface area (Å²) in [6.07, 6.45) is 0.659. The molecule has 0 unspecified atom stereocenters. The number of carbonyl (C=O) groups excluding carboxylic acids is 2. The van der Waals surface area contributed by atoms with E-state index in [1.807, 2.05) is 5.38 Å². The quantitative estimate of drug-likeness (QED) is 0.513. The fourth-order valence-corrected chi connectivity index (χ4v) is 3.52. The molecule has 1 aromatic heterocycles. The summed E-state index contributed by atoms with van der Waals surface area (Å²) in [5.74, 6) is 0.0716. The molecule has 29 heavy (non-hydrogen) atoms. The lowest BCUT2D eigenvalue weighted by atomic mass is 10.2. The van der Waals surface area contributed by atoms with Crippen LogP contribution in [0.1, 0.15) is 22.5 Å². The van der Waals surface area contributed by atoms with Crippen LogP contribution < -0.4 is 15.4 Å². The van der Waals surface area contributed by atoms with Crippen molar-refractivity contribution >= 4 is 57.2 Å². The zero-order valence-corrected chi connectivity index (χ0v) is 17.7. The lowest BCUT2D eigenvalue weighted by Gasteiger charge is -2.10. The van der Waals surface area contributed by atoms with Crippen molar-refractivity contribution in [2.24, 2.45) is 0 Å². The van der Waals surface area contributed by atoms with Gasteiger partial charge in [0.15, 0.2) is 5.13 Å². The van der Waals surface area contributed by atoms with E-state index >= 15 is 0 Å². The number of rotatable bonds is 7. The van der Waals surface area contributed by atoms with Gasteiger partial charge in [-0.3, -0.25) is 14.9 Å². The van der Waals surface area contributed by atoms with Crippen molar-refractivity contribution in [2.45, 2.75) is 12.8 Å². The Morgan fingerprint density at radius 1 is 1.07 bits per heavy atom. The average Bonchev–Trinajstić information content (AvgIpc) is 3.14. The Hall–Kier alpha value is -2.61. The van der Waals surface area contributed by atoms with Crippen molar-refractivity contribution in [1.29, 1.82) is 0 Å². The number of hydrogen-bond acceptors (Lipinski definition) is 5. The molecule has 0 fully saturated rings. The van der Waals surface area contributed by atoms with E-state index < -0.39 is 0 Å². The number of benzene rings is 2. The van der Waals surface area contributed by atoms with Crippen molar-refractivity contribution in [1.82, 2.24) is 4.98 Å². The third kappa shape index (κ3) is 5.93. The second-order valence-electron chi connectivity index (χ2n) is 6.00. The Balaban J connectivity index is 1.54. The molecule has 0 saturated heterocycles. The second-order valence-corrected chi connectivity index (χ2v) is 7.73. The van der Waals surface area contributed by atoms with Crippen LogP contribution in [0.25, 0.3) is 0 Å². The number of thiazole rings is 1. The fourth-order valence-electron chi connectivity index (χ4n) is 2.48. The molecule has 0 aliphatic rings. The summed E-state index contributed by atoms with van der Waals surface area (Å²) in [5, 5.41) is 8.87. The number of nitrogens with zero attached hydrogens (tertiary/aromatic N) is 1. The Bertz CT molecular complexity index is 1020. The first-order valence-corrected chi connectivity index (χ1v) is 10.2. The lowest BCUT2D eigenvalue weighted by Crippen LogP contribution is -2.13. The third-order valence-electron chi connectivity index (χ3n) is 3.92.